The molecule has 1 aromatic carbocycles. The van der Waals surface area contributed by atoms with Gasteiger partial charge in [0.25, 0.3) is 5.91 Å². The summed E-state index contributed by atoms with van der Waals surface area (Å²) in [5.41, 5.74) is 2.41. The second-order valence-electron chi connectivity index (χ2n) is 6.71. The van der Waals surface area contributed by atoms with Crippen molar-refractivity contribution in [1.29, 1.82) is 0 Å². The monoisotopic (exact) mass is 341 g/mol. The summed E-state index contributed by atoms with van der Waals surface area (Å²) in [6.07, 6.45) is 2.28. The van der Waals surface area contributed by atoms with Crippen LogP contribution in [0.3, 0.4) is 0 Å². The second-order valence-corrected chi connectivity index (χ2v) is 6.71. The molecule has 1 unspecified atom stereocenters. The number of benzene rings is 1. The van der Waals surface area contributed by atoms with E-state index in [0.717, 1.165) is 38.3 Å². The van der Waals surface area contributed by atoms with Crippen LogP contribution in [-0.4, -0.2) is 56.7 Å². The van der Waals surface area contributed by atoms with Crippen LogP contribution in [-0.2, 0) is 6.42 Å². The summed E-state index contributed by atoms with van der Waals surface area (Å²) in [4.78, 5) is 17.0. The lowest BCUT2D eigenvalue weighted by molar-refractivity contribution is 0.0887. The van der Waals surface area contributed by atoms with Gasteiger partial charge in [0.1, 0.15) is 12.4 Å². The van der Waals surface area contributed by atoms with Crippen molar-refractivity contribution >= 4 is 11.6 Å². The number of rotatable bonds is 3. The minimum absolute atomic E-state index is 0.0567. The van der Waals surface area contributed by atoms with Gasteiger partial charge < -0.3 is 24.3 Å². The van der Waals surface area contributed by atoms with Crippen LogP contribution in [0, 0.1) is 0 Å². The summed E-state index contributed by atoms with van der Waals surface area (Å²) < 4.78 is 11.1. The Kier molecular flexibility index (Phi) is 4.36. The molecule has 2 aromatic rings. The lowest BCUT2D eigenvalue weighted by Gasteiger charge is -2.37. The highest BCUT2D eigenvalue weighted by molar-refractivity contribution is 5.91. The molecular weight excluding hydrogens is 318 g/mol. The third-order valence-corrected chi connectivity index (χ3v) is 4.92. The highest BCUT2D eigenvalue weighted by Gasteiger charge is 2.27. The number of fused-ring (bicyclic) bond motifs is 1. The molecule has 2 aliphatic heterocycles. The maximum absolute atomic E-state index is 12.2. The standard InChI is InChI=1S/C19H23N3O3/c1-21-7-9-22(10-8-21)16-4-2-5-17-15(16)12-14(13-25-17)20-19(23)18-6-3-11-24-18/h2-6,11,14H,7-10,12-13H2,1H3,(H,20,23). The average Bonchev–Trinajstić information content (AvgIpc) is 3.17. The molecule has 4 rings (SSSR count). The van der Waals surface area contributed by atoms with Gasteiger partial charge in [0.15, 0.2) is 5.76 Å². The van der Waals surface area contributed by atoms with Crippen molar-refractivity contribution in [3.8, 4) is 5.75 Å². The largest absolute Gasteiger partial charge is 0.491 e. The van der Waals surface area contributed by atoms with Crippen LogP contribution in [0.15, 0.2) is 41.0 Å². The predicted octanol–water partition coefficient (Wildman–Crippen LogP) is 1.76. The lowest BCUT2D eigenvalue weighted by Crippen LogP contribution is -2.46. The van der Waals surface area contributed by atoms with Crippen LogP contribution in [0.2, 0.25) is 0 Å². The van der Waals surface area contributed by atoms with Crippen LogP contribution in [0.1, 0.15) is 16.1 Å². The first-order valence-corrected chi connectivity index (χ1v) is 8.73. The zero-order valence-corrected chi connectivity index (χ0v) is 14.4. The first kappa shape index (κ1) is 16.0. The van der Waals surface area contributed by atoms with E-state index in [9.17, 15) is 4.79 Å². The fourth-order valence-corrected chi connectivity index (χ4v) is 3.49. The fourth-order valence-electron chi connectivity index (χ4n) is 3.49. The zero-order valence-electron chi connectivity index (χ0n) is 14.4. The Bertz CT molecular complexity index is 736. The first-order valence-electron chi connectivity index (χ1n) is 8.73. The van der Waals surface area contributed by atoms with Crippen LogP contribution >= 0.6 is 0 Å². The van der Waals surface area contributed by atoms with Crippen LogP contribution in [0.4, 0.5) is 5.69 Å². The van der Waals surface area contributed by atoms with Crippen molar-refractivity contribution in [3.05, 3.63) is 47.9 Å². The van der Waals surface area contributed by atoms with E-state index < -0.39 is 0 Å². The summed E-state index contributed by atoms with van der Waals surface area (Å²) in [5, 5.41) is 3.01. The zero-order chi connectivity index (χ0) is 17.2. The summed E-state index contributed by atoms with van der Waals surface area (Å²) in [5.74, 6) is 1.07. The number of anilines is 1. The molecule has 6 nitrogen and oxygen atoms in total. The second kappa shape index (κ2) is 6.80. The van der Waals surface area contributed by atoms with Crippen molar-refractivity contribution in [2.75, 3.05) is 44.7 Å². The van der Waals surface area contributed by atoms with Crippen LogP contribution < -0.4 is 15.0 Å². The number of likely N-dealkylation sites (N-methyl/N-ethyl adjacent to an activating group) is 1. The molecule has 0 spiro atoms. The molecule has 1 aromatic heterocycles. The van der Waals surface area contributed by atoms with E-state index in [1.54, 1.807) is 12.1 Å². The number of carbonyl (C=O) groups excluding carboxylic acids is 1. The fraction of sp³-hybridized carbons (Fsp3) is 0.421. The summed E-state index contributed by atoms with van der Waals surface area (Å²) in [6, 6.07) is 9.55. The molecule has 1 atom stereocenters. The average molecular weight is 341 g/mol. The van der Waals surface area contributed by atoms with Crippen molar-refractivity contribution in [3.63, 3.8) is 0 Å². The van der Waals surface area contributed by atoms with Gasteiger partial charge in [-0.25, -0.2) is 0 Å². The Hall–Kier alpha value is -2.47. The van der Waals surface area contributed by atoms with E-state index in [2.05, 4.69) is 28.2 Å². The molecule has 0 bridgehead atoms. The quantitative estimate of drug-likeness (QED) is 0.922. The number of amides is 1. The van der Waals surface area contributed by atoms with Gasteiger partial charge in [-0.15, -0.1) is 0 Å². The molecule has 0 aliphatic carbocycles. The molecule has 6 heteroatoms. The highest BCUT2D eigenvalue weighted by Crippen LogP contribution is 2.34. The summed E-state index contributed by atoms with van der Waals surface area (Å²) in [7, 11) is 2.15. The number of nitrogens with one attached hydrogen (secondary N) is 1. The van der Waals surface area contributed by atoms with Gasteiger partial charge in [-0.2, -0.15) is 0 Å². The summed E-state index contributed by atoms with van der Waals surface area (Å²) in [6.45, 7) is 4.62. The minimum Gasteiger partial charge on any atom is -0.491 e. The number of hydrogen-bond acceptors (Lipinski definition) is 5. The minimum atomic E-state index is -0.195. The van der Waals surface area contributed by atoms with E-state index in [1.165, 1.54) is 17.5 Å². The van der Waals surface area contributed by atoms with Gasteiger partial charge in [0.05, 0.1) is 12.3 Å². The molecule has 3 heterocycles. The van der Waals surface area contributed by atoms with Crippen LogP contribution in [0.5, 0.6) is 5.75 Å². The molecule has 25 heavy (non-hydrogen) atoms. The molecule has 1 fully saturated rings. The van der Waals surface area contributed by atoms with E-state index in [-0.39, 0.29) is 11.9 Å². The molecule has 0 radical (unpaired) electrons. The first-order chi connectivity index (χ1) is 12.2. The van der Waals surface area contributed by atoms with E-state index in [1.807, 2.05) is 12.1 Å². The van der Waals surface area contributed by atoms with Gasteiger partial charge in [-0.05, 0) is 31.3 Å². The van der Waals surface area contributed by atoms with Gasteiger partial charge in [-0.3, -0.25) is 4.79 Å². The third kappa shape index (κ3) is 3.35. The molecule has 0 saturated carbocycles. The normalized spacial score (nSPS) is 20.7. The van der Waals surface area contributed by atoms with E-state index >= 15 is 0 Å². The van der Waals surface area contributed by atoms with E-state index in [0.29, 0.717) is 12.4 Å². The Labute approximate surface area is 147 Å². The van der Waals surface area contributed by atoms with Crippen molar-refractivity contribution in [2.24, 2.45) is 0 Å². The molecular formula is C19H23N3O3. The Morgan fingerprint density at radius 1 is 1.16 bits per heavy atom. The number of furan rings is 1. The molecule has 2 aliphatic rings. The lowest BCUT2D eigenvalue weighted by atomic mass is 9.99. The van der Waals surface area contributed by atoms with Gasteiger partial charge in [0, 0.05) is 43.9 Å². The number of carbonyl (C=O) groups is 1. The van der Waals surface area contributed by atoms with Crippen molar-refractivity contribution < 1.29 is 13.9 Å². The molecule has 1 amide bonds. The van der Waals surface area contributed by atoms with Crippen molar-refractivity contribution in [2.45, 2.75) is 12.5 Å². The van der Waals surface area contributed by atoms with Gasteiger partial charge in [-0.1, -0.05) is 6.07 Å². The SMILES string of the molecule is CN1CCN(c2cccc3c2CC(NC(=O)c2ccco2)CO3)CC1. The van der Waals surface area contributed by atoms with Gasteiger partial charge >= 0.3 is 0 Å². The van der Waals surface area contributed by atoms with Gasteiger partial charge in [0.2, 0.25) is 0 Å². The van der Waals surface area contributed by atoms with E-state index in [4.69, 9.17) is 9.15 Å². The third-order valence-electron chi connectivity index (χ3n) is 4.92. The smallest absolute Gasteiger partial charge is 0.287 e. The number of hydrogen-bond donors (Lipinski definition) is 1. The Morgan fingerprint density at radius 3 is 2.76 bits per heavy atom. The maximum atomic E-state index is 12.2. The molecule has 132 valence electrons. The topological polar surface area (TPSA) is 58.0 Å². The summed E-state index contributed by atoms with van der Waals surface area (Å²) >= 11 is 0. The van der Waals surface area contributed by atoms with Crippen molar-refractivity contribution in [1.82, 2.24) is 10.2 Å². The molecule has 1 saturated heterocycles. The number of ether oxygens (including phenoxy) is 1. The predicted molar refractivity (Wildman–Crippen MR) is 95.3 cm³/mol. The number of nitrogens with zero attached hydrogens (tertiary/aromatic N) is 2. The highest BCUT2D eigenvalue weighted by atomic mass is 16.5. The van der Waals surface area contributed by atoms with Crippen LogP contribution in [0.25, 0.3) is 0 Å². The Balaban J connectivity index is 1.50. The number of piperazine rings is 1. The Morgan fingerprint density at radius 2 is 2.00 bits per heavy atom. The molecule has 1 N–H and O–H groups in total. The maximum Gasteiger partial charge on any atom is 0.287 e.